The number of rotatable bonds is 4. The van der Waals surface area contributed by atoms with Crippen molar-refractivity contribution in [3.05, 3.63) is 35.9 Å². The number of nitrogens with zero attached hydrogens (tertiary/aromatic N) is 1. The molecule has 3 aliphatic rings. The first-order valence-corrected chi connectivity index (χ1v) is 8.40. The van der Waals surface area contributed by atoms with Crippen molar-refractivity contribution in [2.45, 2.75) is 32.5 Å². The second-order valence-electron chi connectivity index (χ2n) is 6.81. The second kappa shape index (κ2) is 5.26. The SMILES string of the molecule is CCOc1ccc(C(C)=O)cc1N1C(=O)[C@H]2[C@@H]3C=C[C@](C)(O3)[C@@H]2C1=O. The summed E-state index contributed by atoms with van der Waals surface area (Å²) >= 11 is 0. The molecule has 3 heterocycles. The molecule has 1 aromatic rings. The molecule has 3 aliphatic heterocycles. The smallest absolute Gasteiger partial charge is 0.241 e. The number of ketones is 1. The van der Waals surface area contributed by atoms with Gasteiger partial charge < -0.3 is 9.47 Å². The van der Waals surface area contributed by atoms with Gasteiger partial charge in [-0.25, -0.2) is 4.90 Å². The monoisotopic (exact) mass is 341 g/mol. The van der Waals surface area contributed by atoms with Crippen LogP contribution in [0.1, 0.15) is 31.1 Å². The average molecular weight is 341 g/mol. The maximum Gasteiger partial charge on any atom is 0.241 e. The first-order valence-electron chi connectivity index (χ1n) is 8.40. The van der Waals surface area contributed by atoms with E-state index in [1.165, 1.54) is 11.8 Å². The van der Waals surface area contributed by atoms with Crippen molar-refractivity contribution < 1.29 is 23.9 Å². The molecule has 6 nitrogen and oxygen atoms in total. The summed E-state index contributed by atoms with van der Waals surface area (Å²) in [4.78, 5) is 39.0. The molecule has 0 radical (unpaired) electrons. The van der Waals surface area contributed by atoms with E-state index in [1.807, 2.05) is 26.0 Å². The predicted octanol–water partition coefficient (Wildman–Crippen LogP) is 2.12. The number of carbonyl (C=O) groups is 3. The lowest BCUT2D eigenvalue weighted by Gasteiger charge is -2.25. The largest absolute Gasteiger partial charge is 0.492 e. The number of fused-ring (bicyclic) bond motifs is 5. The number of anilines is 1. The molecular formula is C19H19NO5. The zero-order valence-corrected chi connectivity index (χ0v) is 14.3. The van der Waals surface area contributed by atoms with Crippen LogP contribution in [0.5, 0.6) is 5.75 Å². The molecule has 4 atom stereocenters. The standard InChI is InChI=1S/C19H19NO5/c1-4-24-13-6-5-11(10(2)21)9-12(13)20-17(22)15-14-7-8-19(3,25-14)16(15)18(20)23/h5-9,14-16H,4H2,1-3H3/t14-,15-,16-,19-/m0/s1. The van der Waals surface area contributed by atoms with E-state index < -0.39 is 17.4 Å². The summed E-state index contributed by atoms with van der Waals surface area (Å²) < 4.78 is 11.4. The number of hydrogen-bond acceptors (Lipinski definition) is 5. The predicted molar refractivity (Wildman–Crippen MR) is 89.5 cm³/mol. The van der Waals surface area contributed by atoms with Crippen LogP contribution < -0.4 is 9.64 Å². The van der Waals surface area contributed by atoms with Gasteiger partial charge in [-0.1, -0.05) is 12.2 Å². The fourth-order valence-corrected chi connectivity index (χ4v) is 4.08. The molecule has 2 saturated heterocycles. The molecule has 1 aromatic carbocycles. The van der Waals surface area contributed by atoms with Crippen LogP contribution in [0.2, 0.25) is 0 Å². The van der Waals surface area contributed by atoms with E-state index >= 15 is 0 Å². The van der Waals surface area contributed by atoms with Crippen molar-refractivity contribution >= 4 is 23.3 Å². The van der Waals surface area contributed by atoms with Crippen molar-refractivity contribution in [2.24, 2.45) is 11.8 Å². The van der Waals surface area contributed by atoms with Gasteiger partial charge in [0.1, 0.15) is 5.75 Å². The number of carbonyl (C=O) groups excluding carboxylic acids is 3. The van der Waals surface area contributed by atoms with Crippen LogP contribution in [0.3, 0.4) is 0 Å². The molecule has 2 fully saturated rings. The Morgan fingerprint density at radius 1 is 1.32 bits per heavy atom. The third-order valence-electron chi connectivity index (χ3n) is 5.24. The molecule has 0 unspecified atom stereocenters. The highest BCUT2D eigenvalue weighted by atomic mass is 16.5. The summed E-state index contributed by atoms with van der Waals surface area (Å²) in [5.41, 5.74) is 0.0162. The Bertz CT molecular complexity index is 829. The van der Waals surface area contributed by atoms with E-state index in [0.29, 0.717) is 23.6 Å². The van der Waals surface area contributed by atoms with Crippen LogP contribution in [0.4, 0.5) is 5.69 Å². The summed E-state index contributed by atoms with van der Waals surface area (Å²) in [5, 5.41) is 0. The van der Waals surface area contributed by atoms with E-state index in [4.69, 9.17) is 9.47 Å². The molecule has 0 aliphatic carbocycles. The molecule has 6 heteroatoms. The van der Waals surface area contributed by atoms with E-state index in [0.717, 1.165) is 0 Å². The summed E-state index contributed by atoms with van der Waals surface area (Å²) in [6.45, 7) is 5.49. The van der Waals surface area contributed by atoms with Gasteiger partial charge in [0.15, 0.2) is 5.78 Å². The Labute approximate surface area is 145 Å². The van der Waals surface area contributed by atoms with E-state index in [9.17, 15) is 14.4 Å². The van der Waals surface area contributed by atoms with E-state index in [-0.39, 0.29) is 23.7 Å². The molecule has 0 saturated carbocycles. The van der Waals surface area contributed by atoms with Gasteiger partial charge in [-0.15, -0.1) is 0 Å². The highest BCUT2D eigenvalue weighted by Crippen LogP contribution is 2.53. The highest BCUT2D eigenvalue weighted by Gasteiger charge is 2.66. The minimum absolute atomic E-state index is 0.138. The first kappa shape index (κ1) is 16.0. The molecular weight excluding hydrogens is 322 g/mol. The van der Waals surface area contributed by atoms with Crippen molar-refractivity contribution in [3.8, 4) is 5.75 Å². The lowest BCUT2D eigenvalue weighted by Crippen LogP contribution is -2.38. The number of Topliss-reactive ketones (excluding diaryl/α,β-unsaturated/α-hetero) is 1. The number of benzene rings is 1. The summed E-state index contributed by atoms with van der Waals surface area (Å²) in [7, 11) is 0. The molecule has 4 rings (SSSR count). The molecule has 0 aromatic heterocycles. The third kappa shape index (κ3) is 2.10. The number of imide groups is 1. The average Bonchev–Trinajstić information content (AvgIpc) is 3.17. The fourth-order valence-electron chi connectivity index (χ4n) is 4.08. The second-order valence-corrected chi connectivity index (χ2v) is 6.81. The molecule has 2 amide bonds. The zero-order valence-electron chi connectivity index (χ0n) is 14.3. The number of ether oxygens (including phenoxy) is 2. The summed E-state index contributed by atoms with van der Waals surface area (Å²) in [6, 6.07) is 4.83. The molecule has 2 bridgehead atoms. The Hall–Kier alpha value is -2.47. The highest BCUT2D eigenvalue weighted by molar-refractivity contribution is 6.24. The summed E-state index contributed by atoms with van der Waals surface area (Å²) in [5.74, 6) is -1.37. The number of amides is 2. The quantitative estimate of drug-likeness (QED) is 0.476. The van der Waals surface area contributed by atoms with Gasteiger partial charge in [-0.3, -0.25) is 14.4 Å². The molecule has 0 N–H and O–H groups in total. The maximum atomic E-state index is 13.1. The lowest BCUT2D eigenvalue weighted by molar-refractivity contribution is -0.126. The van der Waals surface area contributed by atoms with Crippen molar-refractivity contribution in [3.63, 3.8) is 0 Å². The van der Waals surface area contributed by atoms with E-state index in [2.05, 4.69) is 0 Å². The third-order valence-corrected chi connectivity index (χ3v) is 5.24. The Balaban J connectivity index is 1.80. The van der Waals surface area contributed by atoms with Crippen LogP contribution >= 0.6 is 0 Å². The van der Waals surface area contributed by atoms with Gasteiger partial charge in [-0.05, 0) is 39.0 Å². The fraction of sp³-hybridized carbons (Fsp3) is 0.421. The van der Waals surface area contributed by atoms with Gasteiger partial charge in [0.05, 0.1) is 35.8 Å². The van der Waals surface area contributed by atoms with E-state index in [1.54, 1.807) is 18.2 Å². The lowest BCUT2D eigenvalue weighted by atomic mass is 9.78. The van der Waals surface area contributed by atoms with Gasteiger partial charge >= 0.3 is 0 Å². The van der Waals surface area contributed by atoms with Crippen molar-refractivity contribution in [1.29, 1.82) is 0 Å². The van der Waals surface area contributed by atoms with Crippen LogP contribution in [0.25, 0.3) is 0 Å². The van der Waals surface area contributed by atoms with Gasteiger partial charge in [0.2, 0.25) is 11.8 Å². The first-order chi connectivity index (χ1) is 11.9. The van der Waals surface area contributed by atoms with Crippen LogP contribution in [0.15, 0.2) is 30.4 Å². The molecule has 130 valence electrons. The van der Waals surface area contributed by atoms with Gasteiger partial charge in [0.25, 0.3) is 0 Å². The van der Waals surface area contributed by atoms with Gasteiger partial charge in [-0.2, -0.15) is 0 Å². The van der Waals surface area contributed by atoms with Crippen LogP contribution in [-0.4, -0.2) is 35.9 Å². The zero-order chi connectivity index (χ0) is 17.9. The summed E-state index contributed by atoms with van der Waals surface area (Å²) in [6.07, 6.45) is 3.34. The van der Waals surface area contributed by atoms with Crippen LogP contribution in [-0.2, 0) is 14.3 Å². The molecule has 25 heavy (non-hydrogen) atoms. The minimum atomic E-state index is -0.749. The van der Waals surface area contributed by atoms with Crippen molar-refractivity contribution in [1.82, 2.24) is 0 Å². The van der Waals surface area contributed by atoms with Crippen LogP contribution in [0, 0.1) is 11.8 Å². The topological polar surface area (TPSA) is 72.9 Å². The number of hydrogen-bond donors (Lipinski definition) is 0. The minimum Gasteiger partial charge on any atom is -0.492 e. The maximum absolute atomic E-state index is 13.1. The van der Waals surface area contributed by atoms with Gasteiger partial charge in [0, 0.05) is 5.56 Å². The Morgan fingerprint density at radius 2 is 2.08 bits per heavy atom. The Morgan fingerprint density at radius 3 is 2.72 bits per heavy atom. The van der Waals surface area contributed by atoms with Crippen molar-refractivity contribution in [2.75, 3.05) is 11.5 Å². The molecule has 0 spiro atoms. The normalized spacial score (nSPS) is 32.4. The Kier molecular flexibility index (Phi) is 3.37.